The zero-order valence-electron chi connectivity index (χ0n) is 9.43. The molecule has 0 bridgehead atoms. The van der Waals surface area contributed by atoms with Gasteiger partial charge in [-0.1, -0.05) is 0 Å². The number of aromatic nitrogens is 1. The van der Waals surface area contributed by atoms with Gasteiger partial charge in [0.2, 0.25) is 0 Å². The largest absolute Gasteiger partial charge is 0.497 e. The zero-order valence-corrected chi connectivity index (χ0v) is 9.43. The first-order valence-corrected chi connectivity index (χ1v) is 4.89. The molecular weight excluding hydrogens is 220 g/mol. The van der Waals surface area contributed by atoms with Crippen molar-refractivity contribution in [3.63, 3.8) is 0 Å². The minimum absolute atomic E-state index is 0.207. The minimum atomic E-state index is -0.540. The lowest BCUT2D eigenvalue weighted by molar-refractivity contribution is 0.0592. The molecule has 0 aliphatic rings. The van der Waals surface area contributed by atoms with Crippen LogP contribution >= 0.6 is 0 Å². The molecule has 0 saturated heterocycles. The Morgan fingerprint density at radius 2 is 2.12 bits per heavy atom. The minimum Gasteiger partial charge on any atom is -0.497 e. The number of methoxy groups -OCH3 is 2. The first-order chi connectivity index (χ1) is 8.21. The van der Waals surface area contributed by atoms with Gasteiger partial charge in [-0.2, -0.15) is 5.26 Å². The molecule has 5 heteroatoms. The maximum Gasteiger partial charge on any atom is 0.355 e. The summed E-state index contributed by atoms with van der Waals surface area (Å²) in [7, 11) is 2.82. The number of rotatable bonds is 2. The van der Waals surface area contributed by atoms with Crippen LogP contribution in [-0.2, 0) is 4.74 Å². The van der Waals surface area contributed by atoms with Gasteiger partial charge >= 0.3 is 5.97 Å². The van der Waals surface area contributed by atoms with Crippen molar-refractivity contribution in [3.05, 3.63) is 30.0 Å². The highest BCUT2D eigenvalue weighted by atomic mass is 16.5. The van der Waals surface area contributed by atoms with Crippen molar-refractivity contribution in [2.45, 2.75) is 0 Å². The van der Waals surface area contributed by atoms with Crippen molar-refractivity contribution in [2.75, 3.05) is 14.2 Å². The Morgan fingerprint density at radius 1 is 1.35 bits per heavy atom. The van der Waals surface area contributed by atoms with E-state index in [0.717, 1.165) is 5.39 Å². The number of nitrogens with zero attached hydrogens (tertiary/aromatic N) is 2. The molecule has 0 saturated carbocycles. The smallest absolute Gasteiger partial charge is 0.355 e. The lowest BCUT2D eigenvalue weighted by atomic mass is 10.2. The maximum absolute atomic E-state index is 11.5. The molecule has 1 heterocycles. The number of fused-ring (bicyclic) bond motifs is 1. The monoisotopic (exact) mass is 230 g/mol. The van der Waals surface area contributed by atoms with Crippen molar-refractivity contribution in [1.82, 2.24) is 4.57 Å². The molecular formula is C12H10N2O3. The molecule has 86 valence electrons. The Hall–Kier alpha value is -2.48. The van der Waals surface area contributed by atoms with E-state index in [1.54, 1.807) is 31.4 Å². The second-order valence-corrected chi connectivity index (χ2v) is 3.38. The van der Waals surface area contributed by atoms with E-state index < -0.39 is 5.97 Å². The van der Waals surface area contributed by atoms with Crippen molar-refractivity contribution in [3.8, 4) is 11.9 Å². The van der Waals surface area contributed by atoms with E-state index in [0.29, 0.717) is 11.3 Å². The summed E-state index contributed by atoms with van der Waals surface area (Å²) in [4.78, 5) is 11.5. The highest BCUT2D eigenvalue weighted by Gasteiger charge is 2.16. The SMILES string of the molecule is COC(=O)c1cc2ccc(OC)cc2n1C#N. The first kappa shape index (κ1) is 11.0. The van der Waals surface area contributed by atoms with E-state index in [9.17, 15) is 4.79 Å². The fourth-order valence-corrected chi connectivity index (χ4v) is 1.67. The number of hydrogen-bond acceptors (Lipinski definition) is 4. The molecule has 0 unspecified atom stereocenters. The van der Waals surface area contributed by atoms with Crippen LogP contribution in [0.4, 0.5) is 0 Å². The molecule has 1 aromatic heterocycles. The predicted molar refractivity (Wildman–Crippen MR) is 60.8 cm³/mol. The molecule has 0 aliphatic carbocycles. The first-order valence-electron chi connectivity index (χ1n) is 4.89. The number of carbonyl (C=O) groups is 1. The molecule has 2 rings (SSSR count). The maximum atomic E-state index is 11.5. The average Bonchev–Trinajstić information content (AvgIpc) is 2.74. The van der Waals surface area contributed by atoms with Crippen molar-refractivity contribution < 1.29 is 14.3 Å². The van der Waals surface area contributed by atoms with Crippen LogP contribution < -0.4 is 4.74 Å². The zero-order chi connectivity index (χ0) is 12.4. The second kappa shape index (κ2) is 4.18. The Morgan fingerprint density at radius 3 is 2.71 bits per heavy atom. The average molecular weight is 230 g/mol. The fourth-order valence-electron chi connectivity index (χ4n) is 1.67. The number of esters is 1. The van der Waals surface area contributed by atoms with Gasteiger partial charge in [0.05, 0.1) is 19.7 Å². The van der Waals surface area contributed by atoms with Crippen LogP contribution in [0.2, 0.25) is 0 Å². The van der Waals surface area contributed by atoms with E-state index in [2.05, 4.69) is 4.74 Å². The van der Waals surface area contributed by atoms with Gasteiger partial charge in [0, 0.05) is 11.5 Å². The summed E-state index contributed by atoms with van der Waals surface area (Å²) in [5.41, 5.74) is 0.825. The fraction of sp³-hybridized carbons (Fsp3) is 0.167. The van der Waals surface area contributed by atoms with Crippen LogP contribution in [0.5, 0.6) is 5.75 Å². The summed E-state index contributed by atoms with van der Waals surface area (Å²) in [6, 6.07) is 6.87. The quantitative estimate of drug-likeness (QED) is 0.737. The summed E-state index contributed by atoms with van der Waals surface area (Å²) in [6.07, 6.45) is 1.95. The van der Waals surface area contributed by atoms with Crippen molar-refractivity contribution >= 4 is 16.9 Å². The van der Waals surface area contributed by atoms with Gasteiger partial charge in [-0.25, -0.2) is 9.36 Å². The van der Waals surface area contributed by atoms with E-state index in [1.807, 2.05) is 6.19 Å². The van der Waals surface area contributed by atoms with Crippen LogP contribution in [0.25, 0.3) is 10.9 Å². The highest BCUT2D eigenvalue weighted by molar-refractivity contribution is 5.96. The number of nitriles is 1. The predicted octanol–water partition coefficient (Wildman–Crippen LogP) is 1.77. The van der Waals surface area contributed by atoms with Gasteiger partial charge in [0.25, 0.3) is 0 Å². The van der Waals surface area contributed by atoms with E-state index in [-0.39, 0.29) is 5.69 Å². The number of ether oxygens (including phenoxy) is 2. The van der Waals surface area contributed by atoms with Gasteiger partial charge in [0.1, 0.15) is 11.4 Å². The molecule has 1 aromatic carbocycles. The number of benzene rings is 1. The number of hydrogen-bond donors (Lipinski definition) is 0. The molecule has 0 N–H and O–H groups in total. The normalized spacial score (nSPS) is 9.94. The van der Waals surface area contributed by atoms with Crippen LogP contribution in [0.1, 0.15) is 10.5 Å². The summed E-state index contributed by atoms with van der Waals surface area (Å²) < 4.78 is 10.9. The Labute approximate surface area is 97.8 Å². The summed E-state index contributed by atoms with van der Waals surface area (Å²) in [6.45, 7) is 0. The third-order valence-corrected chi connectivity index (χ3v) is 2.51. The molecule has 0 radical (unpaired) electrons. The number of carbonyl (C=O) groups excluding carboxylic acids is 1. The van der Waals surface area contributed by atoms with E-state index in [1.165, 1.54) is 11.7 Å². The van der Waals surface area contributed by atoms with Crippen LogP contribution in [0, 0.1) is 11.5 Å². The van der Waals surface area contributed by atoms with E-state index >= 15 is 0 Å². The molecule has 2 aromatic rings. The molecule has 17 heavy (non-hydrogen) atoms. The summed E-state index contributed by atoms with van der Waals surface area (Å²) in [5, 5.41) is 9.86. The molecule has 0 aliphatic heterocycles. The summed E-state index contributed by atoms with van der Waals surface area (Å²) >= 11 is 0. The van der Waals surface area contributed by atoms with E-state index in [4.69, 9.17) is 10.00 Å². The molecule has 0 fully saturated rings. The van der Waals surface area contributed by atoms with Gasteiger partial charge in [-0.3, -0.25) is 0 Å². The van der Waals surface area contributed by atoms with Crippen LogP contribution in [0.3, 0.4) is 0 Å². The van der Waals surface area contributed by atoms with Crippen LogP contribution in [-0.4, -0.2) is 24.8 Å². The van der Waals surface area contributed by atoms with Crippen LogP contribution in [0.15, 0.2) is 24.3 Å². The molecule has 0 atom stereocenters. The standard InChI is InChI=1S/C12H10N2O3/c1-16-9-4-3-8-5-11(12(15)17-2)14(7-13)10(8)6-9/h3-6H,1-2H3. The molecule has 0 amide bonds. The van der Waals surface area contributed by atoms with Gasteiger partial charge < -0.3 is 9.47 Å². The third kappa shape index (κ3) is 1.70. The van der Waals surface area contributed by atoms with Crippen molar-refractivity contribution in [1.29, 1.82) is 5.26 Å². The third-order valence-electron chi connectivity index (χ3n) is 2.51. The summed E-state index contributed by atoms with van der Waals surface area (Å²) in [5.74, 6) is 0.0882. The topological polar surface area (TPSA) is 64.2 Å². The Kier molecular flexibility index (Phi) is 2.71. The van der Waals surface area contributed by atoms with Gasteiger partial charge in [-0.05, 0) is 18.2 Å². The Bertz CT molecular complexity index is 622. The lowest BCUT2D eigenvalue weighted by Gasteiger charge is -2.01. The highest BCUT2D eigenvalue weighted by Crippen LogP contribution is 2.24. The second-order valence-electron chi connectivity index (χ2n) is 3.38. The Balaban J connectivity index is 2.73. The van der Waals surface area contributed by atoms with Gasteiger partial charge in [0.15, 0.2) is 6.19 Å². The van der Waals surface area contributed by atoms with Gasteiger partial charge in [-0.15, -0.1) is 0 Å². The molecule has 5 nitrogen and oxygen atoms in total. The van der Waals surface area contributed by atoms with Crippen molar-refractivity contribution in [2.24, 2.45) is 0 Å². The molecule has 0 spiro atoms. The lowest BCUT2D eigenvalue weighted by Crippen LogP contribution is -2.06.